The quantitative estimate of drug-likeness (QED) is 0.0524. The third-order valence-corrected chi connectivity index (χ3v) is 15.1. The molecule has 2 aromatic heterocycles. The van der Waals surface area contributed by atoms with Crippen LogP contribution in [0.15, 0.2) is 53.5 Å². The summed E-state index contributed by atoms with van der Waals surface area (Å²) in [6.07, 6.45) is 25.6. The van der Waals surface area contributed by atoms with Crippen LogP contribution >= 0.6 is 0 Å². The second kappa shape index (κ2) is 26.3. The van der Waals surface area contributed by atoms with Crippen molar-refractivity contribution in [3.63, 3.8) is 0 Å². The predicted molar refractivity (Wildman–Crippen MR) is 273 cm³/mol. The molecule has 3 aliphatic rings. The van der Waals surface area contributed by atoms with E-state index in [-0.39, 0.29) is 36.1 Å². The molecule has 0 saturated carbocycles. The Morgan fingerprint density at radius 1 is 0.750 bits per heavy atom. The van der Waals surface area contributed by atoms with Gasteiger partial charge in [-0.2, -0.15) is 5.10 Å². The summed E-state index contributed by atoms with van der Waals surface area (Å²) in [5.74, 6) is -0.218. The number of piperazine rings is 1. The molecule has 0 bridgehead atoms. The standard InChI is InChI=1S/C55H82N8O5/c1-4-5-6-7-8-9-10-11-12-13-14-15-16-17-18-23-51(64)68-41-63-40-46-37-43(36-42(2)52(46)58-63)38-50(54(66)61-34-32-60(33-35-61)47-26-28-59(3)29-27-47)57-55(67)62-30-24-44(25-31-62)48-39-45-21-19-20-22-49(45)56-53(48)65/h19-22,36-37,39-40,44,47,50H,4-18,23-35,38,41H2,1-3H3,(H,56,65)(H,57,67). The lowest BCUT2D eigenvalue weighted by Crippen LogP contribution is -2.59. The number of pyridine rings is 1. The Morgan fingerprint density at radius 2 is 1.38 bits per heavy atom. The molecule has 2 N–H and O–H groups in total. The number of ether oxygens (including phenoxy) is 1. The number of hydrogen-bond acceptors (Lipinski definition) is 8. The average Bonchev–Trinajstić information content (AvgIpc) is 3.78. The molecule has 0 spiro atoms. The monoisotopic (exact) mass is 935 g/mol. The number of likely N-dealkylation sites (tertiary alicyclic amines) is 2. The minimum atomic E-state index is -0.758. The van der Waals surface area contributed by atoms with Crippen LogP contribution in [0, 0.1) is 6.92 Å². The highest BCUT2D eigenvalue weighted by Gasteiger charge is 2.34. The Labute approximate surface area is 405 Å². The molecule has 4 aromatic rings. The van der Waals surface area contributed by atoms with Gasteiger partial charge in [0.2, 0.25) is 5.91 Å². The van der Waals surface area contributed by atoms with Crippen molar-refractivity contribution in [2.75, 3.05) is 59.4 Å². The molecule has 1 atom stereocenters. The highest BCUT2D eigenvalue weighted by Crippen LogP contribution is 2.28. The molecule has 0 radical (unpaired) electrons. The van der Waals surface area contributed by atoms with Gasteiger partial charge in [0.25, 0.3) is 5.56 Å². The number of aromatic amines is 1. The largest absolute Gasteiger partial charge is 0.442 e. The summed E-state index contributed by atoms with van der Waals surface area (Å²) in [5.41, 5.74) is 4.21. The van der Waals surface area contributed by atoms with E-state index < -0.39 is 6.04 Å². The Hall–Kier alpha value is -4.75. The number of carbonyl (C=O) groups is 3. The van der Waals surface area contributed by atoms with Gasteiger partial charge < -0.3 is 29.7 Å². The Bertz CT molecular complexity index is 2270. The van der Waals surface area contributed by atoms with Crippen LogP contribution < -0.4 is 10.9 Å². The molecule has 5 heterocycles. The van der Waals surface area contributed by atoms with Gasteiger partial charge in [0.05, 0.1) is 5.52 Å². The summed E-state index contributed by atoms with van der Waals surface area (Å²) < 4.78 is 7.33. The fourth-order valence-corrected chi connectivity index (χ4v) is 10.9. The molecule has 68 heavy (non-hydrogen) atoms. The number of benzene rings is 2. The number of rotatable bonds is 24. The van der Waals surface area contributed by atoms with Gasteiger partial charge in [-0.1, -0.05) is 121 Å². The number of aromatic nitrogens is 3. The van der Waals surface area contributed by atoms with E-state index in [1.807, 2.05) is 54.4 Å². The van der Waals surface area contributed by atoms with Crippen molar-refractivity contribution in [3.8, 4) is 0 Å². The number of hydrogen-bond donors (Lipinski definition) is 2. The van der Waals surface area contributed by atoms with E-state index in [0.29, 0.717) is 57.9 Å². The van der Waals surface area contributed by atoms with Gasteiger partial charge in [-0.3, -0.25) is 19.3 Å². The summed E-state index contributed by atoms with van der Waals surface area (Å²) in [6, 6.07) is 13.4. The SMILES string of the molecule is CCCCCCCCCCCCCCCCCC(=O)OCn1cc2cc(CC(NC(=O)N3CCC(c4cc5ccccc5[nH]c4=O)CC3)C(=O)N3CCN(C4CCN(C)CC4)CC3)cc(C)c2n1. The maximum absolute atomic E-state index is 14.5. The van der Waals surface area contributed by atoms with E-state index in [9.17, 15) is 19.2 Å². The van der Waals surface area contributed by atoms with Crippen LogP contribution in [-0.4, -0.2) is 124 Å². The molecule has 0 aliphatic carbocycles. The first-order chi connectivity index (χ1) is 33.1. The first-order valence-electron chi connectivity index (χ1n) is 26.7. The van der Waals surface area contributed by atoms with Crippen LogP contribution in [0.2, 0.25) is 0 Å². The lowest BCUT2D eigenvalue weighted by atomic mass is 9.89. The second-order valence-electron chi connectivity index (χ2n) is 20.4. The van der Waals surface area contributed by atoms with Gasteiger partial charge in [-0.15, -0.1) is 0 Å². The van der Waals surface area contributed by atoms with Crippen LogP contribution in [0.1, 0.15) is 158 Å². The van der Waals surface area contributed by atoms with E-state index >= 15 is 0 Å². The van der Waals surface area contributed by atoms with Crippen LogP contribution in [-0.2, 0) is 27.5 Å². The van der Waals surface area contributed by atoms with Crippen molar-refractivity contribution in [1.29, 1.82) is 0 Å². The molecule has 372 valence electrons. The Kier molecular flexibility index (Phi) is 19.8. The van der Waals surface area contributed by atoms with E-state index in [0.717, 1.165) is 96.8 Å². The van der Waals surface area contributed by atoms with Gasteiger partial charge >= 0.3 is 12.0 Å². The highest BCUT2D eigenvalue weighted by molar-refractivity contribution is 5.88. The lowest BCUT2D eigenvalue weighted by Gasteiger charge is -2.43. The first-order valence-corrected chi connectivity index (χ1v) is 26.7. The zero-order valence-electron chi connectivity index (χ0n) is 41.8. The molecule has 3 amide bonds. The van der Waals surface area contributed by atoms with E-state index in [4.69, 9.17) is 9.84 Å². The van der Waals surface area contributed by atoms with Crippen molar-refractivity contribution in [1.82, 2.24) is 39.7 Å². The number of H-pyrrole nitrogens is 1. The van der Waals surface area contributed by atoms with Crippen LogP contribution in [0.5, 0.6) is 0 Å². The maximum Gasteiger partial charge on any atom is 0.318 e. The van der Waals surface area contributed by atoms with Crippen molar-refractivity contribution in [2.45, 2.75) is 173 Å². The van der Waals surface area contributed by atoms with Crippen molar-refractivity contribution in [2.24, 2.45) is 0 Å². The number of unbranched alkanes of at least 4 members (excludes halogenated alkanes) is 14. The average molecular weight is 935 g/mol. The van der Waals surface area contributed by atoms with Crippen molar-refractivity contribution >= 4 is 39.7 Å². The Morgan fingerprint density at radius 3 is 2.04 bits per heavy atom. The van der Waals surface area contributed by atoms with Crippen molar-refractivity contribution < 1.29 is 19.1 Å². The van der Waals surface area contributed by atoms with E-state index in [1.54, 1.807) is 9.58 Å². The van der Waals surface area contributed by atoms with E-state index in [2.05, 4.69) is 40.1 Å². The van der Waals surface area contributed by atoms with Crippen molar-refractivity contribution in [3.05, 3.63) is 75.7 Å². The van der Waals surface area contributed by atoms with E-state index in [1.165, 1.54) is 77.0 Å². The summed E-state index contributed by atoms with van der Waals surface area (Å²) in [7, 11) is 2.18. The minimum Gasteiger partial charge on any atom is -0.442 e. The topological polar surface area (TPSA) is 136 Å². The number of fused-ring (bicyclic) bond motifs is 2. The van der Waals surface area contributed by atoms with Gasteiger partial charge in [0.1, 0.15) is 6.04 Å². The summed E-state index contributed by atoms with van der Waals surface area (Å²) >= 11 is 0. The summed E-state index contributed by atoms with van der Waals surface area (Å²) in [5, 5.41) is 9.84. The number of para-hydroxylation sites is 1. The number of amides is 3. The summed E-state index contributed by atoms with van der Waals surface area (Å²) in [6.45, 7) is 10.4. The number of nitrogens with zero attached hydrogens (tertiary/aromatic N) is 6. The highest BCUT2D eigenvalue weighted by atomic mass is 16.5. The fraction of sp³-hybridized carbons (Fsp3) is 0.655. The smallest absolute Gasteiger partial charge is 0.318 e. The molecular weight excluding hydrogens is 853 g/mol. The molecule has 7 rings (SSSR count). The zero-order valence-corrected chi connectivity index (χ0v) is 41.8. The third-order valence-electron chi connectivity index (χ3n) is 15.1. The number of urea groups is 1. The predicted octanol–water partition coefficient (Wildman–Crippen LogP) is 9.69. The molecule has 1 unspecified atom stereocenters. The molecule has 13 heteroatoms. The fourth-order valence-electron chi connectivity index (χ4n) is 10.9. The zero-order chi connectivity index (χ0) is 47.7. The lowest BCUT2D eigenvalue weighted by molar-refractivity contribution is -0.148. The third kappa shape index (κ3) is 14.9. The molecule has 3 aliphatic heterocycles. The number of aryl methyl sites for hydroxylation is 1. The molecule has 13 nitrogen and oxygen atoms in total. The molecule has 3 fully saturated rings. The van der Waals surface area contributed by atoms with Crippen LogP contribution in [0.4, 0.5) is 4.79 Å². The van der Waals surface area contributed by atoms with Crippen LogP contribution in [0.25, 0.3) is 21.8 Å². The number of piperidine rings is 2. The maximum atomic E-state index is 14.5. The minimum absolute atomic E-state index is 0.0450. The number of nitrogens with one attached hydrogen (secondary N) is 2. The van der Waals surface area contributed by atoms with Gasteiger partial charge in [0.15, 0.2) is 6.73 Å². The summed E-state index contributed by atoms with van der Waals surface area (Å²) in [4.78, 5) is 66.1. The van der Waals surface area contributed by atoms with Gasteiger partial charge in [-0.25, -0.2) is 9.48 Å². The number of carbonyl (C=O) groups excluding carboxylic acids is 3. The molecule has 3 saturated heterocycles. The molecule has 2 aromatic carbocycles. The second-order valence-corrected chi connectivity index (χ2v) is 20.4. The molecular formula is C55H82N8O5. The number of esters is 1. The normalized spacial score (nSPS) is 17.3. The first kappa shape index (κ1) is 51.1. The Balaban J connectivity index is 0.897. The van der Waals surface area contributed by atoms with Gasteiger partial charge in [-0.05, 0) is 99.8 Å². The van der Waals surface area contributed by atoms with Crippen LogP contribution in [0.3, 0.4) is 0 Å². The van der Waals surface area contributed by atoms with Gasteiger partial charge in [0, 0.05) is 80.8 Å².